The first-order chi connectivity index (χ1) is 12.5. The maximum atomic E-state index is 12.5. The summed E-state index contributed by atoms with van der Waals surface area (Å²) in [5, 5.41) is 11.0. The van der Waals surface area contributed by atoms with Gasteiger partial charge in [0.25, 0.3) is 5.91 Å². The van der Waals surface area contributed by atoms with E-state index in [0.717, 1.165) is 50.5 Å². The van der Waals surface area contributed by atoms with Crippen molar-refractivity contribution in [2.45, 2.75) is 20.3 Å². The molecule has 9 heteroatoms. The van der Waals surface area contributed by atoms with Crippen LogP contribution in [-0.4, -0.2) is 64.8 Å². The number of nitrogens with zero attached hydrogens (tertiary/aromatic N) is 4. The highest BCUT2D eigenvalue weighted by molar-refractivity contribution is 6.33. The molecule has 148 valence electrons. The van der Waals surface area contributed by atoms with Crippen LogP contribution in [0.2, 0.25) is 5.02 Å². The van der Waals surface area contributed by atoms with Gasteiger partial charge in [-0.1, -0.05) is 11.6 Å². The molecule has 0 radical (unpaired) electrons. The highest BCUT2D eigenvalue weighted by Gasteiger charge is 2.15. The Hall–Kier alpha value is -1.67. The van der Waals surface area contributed by atoms with Crippen LogP contribution in [0.15, 0.2) is 18.2 Å². The van der Waals surface area contributed by atoms with Gasteiger partial charge in [-0.25, -0.2) is 9.67 Å². The zero-order chi connectivity index (χ0) is 18.5. The lowest BCUT2D eigenvalue weighted by atomic mass is 10.3. The Morgan fingerprint density at radius 2 is 2.04 bits per heavy atom. The first kappa shape index (κ1) is 21.6. The maximum absolute atomic E-state index is 12.5. The van der Waals surface area contributed by atoms with E-state index in [1.54, 1.807) is 16.8 Å². The van der Waals surface area contributed by atoms with E-state index in [4.69, 9.17) is 11.6 Å². The lowest BCUT2D eigenvalue weighted by Crippen LogP contribution is -2.44. The van der Waals surface area contributed by atoms with E-state index in [1.165, 1.54) is 0 Å². The van der Waals surface area contributed by atoms with Crippen LogP contribution in [-0.2, 0) is 0 Å². The Morgan fingerprint density at radius 3 is 2.70 bits per heavy atom. The number of aryl methyl sites for hydroxylation is 2. The van der Waals surface area contributed by atoms with Gasteiger partial charge in [0.2, 0.25) is 0 Å². The minimum atomic E-state index is -0.251. The quantitative estimate of drug-likeness (QED) is 0.709. The number of carbonyl (C=O) groups excluding carboxylic acids is 1. The first-order valence-electron chi connectivity index (χ1n) is 8.96. The summed E-state index contributed by atoms with van der Waals surface area (Å²) < 4.78 is 1.72. The molecule has 0 atom stereocenters. The maximum Gasteiger partial charge on any atom is 0.271 e. The second-order valence-corrected chi connectivity index (χ2v) is 6.95. The Kier molecular flexibility index (Phi) is 8.04. The summed E-state index contributed by atoms with van der Waals surface area (Å²) in [6.07, 6.45) is 0.903. The Labute approximate surface area is 170 Å². The minimum absolute atomic E-state index is 0. The summed E-state index contributed by atoms with van der Waals surface area (Å²) in [5.41, 5.74) is 2.09. The van der Waals surface area contributed by atoms with Crippen molar-refractivity contribution in [2.75, 3.05) is 39.3 Å². The topological polar surface area (TPSA) is 75.1 Å². The van der Waals surface area contributed by atoms with Crippen LogP contribution in [0.5, 0.6) is 0 Å². The molecular formula is C18H26Cl2N6O. The van der Waals surface area contributed by atoms with Gasteiger partial charge in [0.15, 0.2) is 5.82 Å². The van der Waals surface area contributed by atoms with Crippen molar-refractivity contribution in [3.05, 3.63) is 40.3 Å². The van der Waals surface area contributed by atoms with Gasteiger partial charge in [-0.3, -0.25) is 4.79 Å². The van der Waals surface area contributed by atoms with E-state index < -0.39 is 0 Å². The van der Waals surface area contributed by atoms with Gasteiger partial charge in [0.05, 0.1) is 10.7 Å². The van der Waals surface area contributed by atoms with Crippen LogP contribution >= 0.6 is 24.0 Å². The number of halogens is 2. The third kappa shape index (κ3) is 5.65. The summed E-state index contributed by atoms with van der Waals surface area (Å²) >= 11 is 6.19. The van der Waals surface area contributed by atoms with Crippen LogP contribution in [0.1, 0.15) is 28.3 Å². The molecule has 1 amide bonds. The predicted octanol–water partition coefficient (Wildman–Crippen LogP) is 1.98. The van der Waals surface area contributed by atoms with Crippen LogP contribution in [0, 0.1) is 13.8 Å². The van der Waals surface area contributed by atoms with Gasteiger partial charge in [-0.15, -0.1) is 12.4 Å². The molecule has 0 aromatic carbocycles. The predicted molar refractivity (Wildman–Crippen MR) is 109 cm³/mol. The lowest BCUT2D eigenvalue weighted by molar-refractivity contribution is 0.0946. The second kappa shape index (κ2) is 10.0. The van der Waals surface area contributed by atoms with Crippen molar-refractivity contribution < 1.29 is 4.79 Å². The van der Waals surface area contributed by atoms with Gasteiger partial charge in [-0.05, 0) is 45.0 Å². The molecule has 0 aliphatic carbocycles. The van der Waals surface area contributed by atoms with E-state index in [2.05, 4.69) is 25.6 Å². The third-order valence-electron chi connectivity index (χ3n) is 4.42. The zero-order valence-electron chi connectivity index (χ0n) is 15.7. The molecule has 1 saturated heterocycles. The fourth-order valence-electron chi connectivity index (χ4n) is 3.09. The number of carbonyl (C=O) groups is 1. The van der Waals surface area contributed by atoms with Crippen molar-refractivity contribution in [3.8, 4) is 5.82 Å². The van der Waals surface area contributed by atoms with Crippen molar-refractivity contribution in [2.24, 2.45) is 0 Å². The highest BCUT2D eigenvalue weighted by Crippen LogP contribution is 2.17. The molecule has 1 aliphatic rings. The van der Waals surface area contributed by atoms with Crippen LogP contribution in [0.3, 0.4) is 0 Å². The third-order valence-corrected chi connectivity index (χ3v) is 4.72. The van der Waals surface area contributed by atoms with Crippen molar-refractivity contribution >= 4 is 29.9 Å². The molecule has 3 heterocycles. The lowest BCUT2D eigenvalue weighted by Gasteiger charge is -2.27. The van der Waals surface area contributed by atoms with Crippen molar-refractivity contribution in [3.63, 3.8) is 0 Å². The van der Waals surface area contributed by atoms with E-state index in [0.29, 0.717) is 17.4 Å². The number of hydrogen-bond donors (Lipinski definition) is 2. The fraction of sp³-hybridized carbons (Fsp3) is 0.500. The summed E-state index contributed by atoms with van der Waals surface area (Å²) in [4.78, 5) is 19.3. The normalized spacial score (nSPS) is 14.6. The average molecular weight is 413 g/mol. The first-order valence-corrected chi connectivity index (χ1v) is 9.34. The Balaban J connectivity index is 0.00000261. The summed E-state index contributed by atoms with van der Waals surface area (Å²) in [5.74, 6) is 0.338. The van der Waals surface area contributed by atoms with E-state index in [-0.39, 0.29) is 24.0 Å². The molecule has 0 spiro atoms. The Morgan fingerprint density at radius 1 is 1.30 bits per heavy atom. The number of hydrogen-bond acceptors (Lipinski definition) is 5. The standard InChI is InChI=1S/C18H25ClN6O.ClH/c1-13-12-14(2)25(23-13)16-5-4-15(19)17(22-16)18(26)21-6-3-9-24-10-7-20-8-11-24;/h4-5,12,20H,3,6-11H2,1-2H3,(H,21,26);1H. The van der Waals surface area contributed by atoms with Gasteiger partial charge >= 0.3 is 0 Å². The molecule has 2 aromatic heterocycles. The van der Waals surface area contributed by atoms with E-state index >= 15 is 0 Å². The van der Waals surface area contributed by atoms with E-state index in [1.807, 2.05) is 19.9 Å². The molecule has 7 nitrogen and oxygen atoms in total. The number of piperazine rings is 1. The number of amides is 1. The fourth-order valence-corrected chi connectivity index (χ4v) is 3.28. The molecule has 2 aromatic rings. The number of nitrogens with one attached hydrogen (secondary N) is 2. The van der Waals surface area contributed by atoms with Crippen LogP contribution in [0.25, 0.3) is 5.82 Å². The summed E-state index contributed by atoms with van der Waals surface area (Å²) in [6.45, 7) is 9.64. The SMILES string of the molecule is Cc1cc(C)n(-c2ccc(Cl)c(C(=O)NCCCN3CCNCC3)n2)n1.Cl. The second-order valence-electron chi connectivity index (χ2n) is 6.54. The summed E-state index contributed by atoms with van der Waals surface area (Å²) in [6, 6.07) is 5.42. The van der Waals surface area contributed by atoms with Gasteiger partial charge in [-0.2, -0.15) is 5.10 Å². The molecule has 2 N–H and O–H groups in total. The molecule has 3 rings (SSSR count). The van der Waals surface area contributed by atoms with Crippen molar-refractivity contribution in [1.82, 2.24) is 30.3 Å². The van der Waals surface area contributed by atoms with Crippen molar-refractivity contribution in [1.29, 1.82) is 0 Å². The van der Waals surface area contributed by atoms with Crippen LogP contribution < -0.4 is 10.6 Å². The average Bonchev–Trinajstić information content (AvgIpc) is 2.98. The van der Waals surface area contributed by atoms with Gasteiger partial charge in [0.1, 0.15) is 5.69 Å². The minimum Gasteiger partial charge on any atom is -0.351 e. The summed E-state index contributed by atoms with van der Waals surface area (Å²) in [7, 11) is 0. The smallest absolute Gasteiger partial charge is 0.271 e. The molecule has 0 saturated carbocycles. The molecule has 1 fully saturated rings. The Bertz CT molecular complexity index is 773. The number of rotatable bonds is 6. The number of aromatic nitrogens is 3. The molecule has 27 heavy (non-hydrogen) atoms. The van der Waals surface area contributed by atoms with Gasteiger partial charge < -0.3 is 15.5 Å². The number of pyridine rings is 1. The molecule has 1 aliphatic heterocycles. The van der Waals surface area contributed by atoms with E-state index in [9.17, 15) is 4.79 Å². The van der Waals surface area contributed by atoms with Crippen LogP contribution in [0.4, 0.5) is 0 Å². The zero-order valence-corrected chi connectivity index (χ0v) is 17.2. The monoisotopic (exact) mass is 412 g/mol. The molecule has 0 unspecified atom stereocenters. The highest BCUT2D eigenvalue weighted by atomic mass is 35.5. The molecular weight excluding hydrogens is 387 g/mol. The largest absolute Gasteiger partial charge is 0.351 e. The molecule has 0 bridgehead atoms. The van der Waals surface area contributed by atoms with Gasteiger partial charge in [0, 0.05) is 38.4 Å².